The molecule has 0 saturated carbocycles. The number of nitrogens with one attached hydrogen (secondary N) is 1. The van der Waals surface area contributed by atoms with Crippen LogP contribution in [-0.2, 0) is 10.0 Å². The van der Waals surface area contributed by atoms with Crippen molar-refractivity contribution < 1.29 is 8.42 Å². The number of hydrogen-bond acceptors (Lipinski definition) is 2. The van der Waals surface area contributed by atoms with E-state index in [0.29, 0.717) is 0 Å². The van der Waals surface area contributed by atoms with Crippen molar-refractivity contribution in [3.63, 3.8) is 0 Å². The van der Waals surface area contributed by atoms with Crippen molar-refractivity contribution in [3.8, 4) is 0 Å². The van der Waals surface area contributed by atoms with Gasteiger partial charge in [0.2, 0.25) is 10.0 Å². The van der Waals surface area contributed by atoms with Gasteiger partial charge in [0, 0.05) is 10.9 Å². The second-order valence-electron chi connectivity index (χ2n) is 5.76. The van der Waals surface area contributed by atoms with E-state index in [-0.39, 0.29) is 16.5 Å². The summed E-state index contributed by atoms with van der Waals surface area (Å²) in [4.78, 5) is 0. The van der Waals surface area contributed by atoms with Gasteiger partial charge in [0.25, 0.3) is 0 Å². The first-order valence-corrected chi connectivity index (χ1v) is 7.10. The van der Waals surface area contributed by atoms with Gasteiger partial charge in [-0.3, -0.25) is 0 Å². The Balaban J connectivity index is 4.67. The van der Waals surface area contributed by atoms with Crippen LogP contribution in [-0.4, -0.2) is 25.1 Å². The van der Waals surface area contributed by atoms with Crippen LogP contribution in [0.2, 0.25) is 0 Å². The summed E-state index contributed by atoms with van der Waals surface area (Å²) in [6, 6.07) is 0. The van der Waals surface area contributed by atoms with Crippen molar-refractivity contribution in [2.24, 2.45) is 5.41 Å². The summed E-state index contributed by atoms with van der Waals surface area (Å²) >= 11 is 5.92. The molecule has 0 bridgehead atoms. The summed E-state index contributed by atoms with van der Waals surface area (Å²) in [6.07, 6.45) is 0. The fourth-order valence-corrected chi connectivity index (χ4v) is 3.40. The van der Waals surface area contributed by atoms with E-state index in [9.17, 15) is 8.42 Å². The molecule has 0 fully saturated rings. The molecule has 3 nitrogen and oxygen atoms in total. The molecular formula is C10H22ClNO2S. The Morgan fingerprint density at radius 1 is 1.20 bits per heavy atom. The molecule has 15 heavy (non-hydrogen) atoms. The Bertz CT molecular complexity index is 302. The Kier molecular flexibility index (Phi) is 4.66. The summed E-state index contributed by atoms with van der Waals surface area (Å²) in [7, 11) is -3.28. The quantitative estimate of drug-likeness (QED) is 0.784. The zero-order valence-electron chi connectivity index (χ0n) is 10.4. The molecule has 0 saturated heterocycles. The Morgan fingerprint density at radius 2 is 1.60 bits per heavy atom. The summed E-state index contributed by atoms with van der Waals surface area (Å²) in [5, 5.41) is -0.257. The fourth-order valence-electron chi connectivity index (χ4n) is 1.09. The van der Waals surface area contributed by atoms with Crippen molar-refractivity contribution in [3.05, 3.63) is 0 Å². The maximum Gasteiger partial charge on any atom is 0.212 e. The number of halogens is 1. The topological polar surface area (TPSA) is 46.2 Å². The molecule has 0 spiro atoms. The van der Waals surface area contributed by atoms with E-state index in [1.165, 1.54) is 0 Å². The van der Waals surface area contributed by atoms with Crippen LogP contribution in [0.5, 0.6) is 0 Å². The predicted molar refractivity (Wildman–Crippen MR) is 65.8 cm³/mol. The third-order valence-corrected chi connectivity index (χ3v) is 4.66. The van der Waals surface area contributed by atoms with Crippen molar-refractivity contribution in [1.82, 2.24) is 4.72 Å². The van der Waals surface area contributed by atoms with E-state index in [2.05, 4.69) is 4.72 Å². The van der Waals surface area contributed by atoms with Crippen molar-refractivity contribution in [2.45, 2.75) is 52.5 Å². The molecule has 0 aromatic rings. The Morgan fingerprint density at radius 3 is 1.87 bits per heavy atom. The highest BCUT2D eigenvalue weighted by molar-refractivity contribution is 7.89. The van der Waals surface area contributed by atoms with Crippen LogP contribution in [0.1, 0.15) is 41.5 Å². The van der Waals surface area contributed by atoms with Gasteiger partial charge in [-0.25, -0.2) is 13.1 Å². The molecule has 1 N–H and O–H groups in total. The number of alkyl halides is 1. The van der Waals surface area contributed by atoms with Gasteiger partial charge in [-0.05, 0) is 26.2 Å². The van der Waals surface area contributed by atoms with Crippen molar-refractivity contribution in [1.29, 1.82) is 0 Å². The van der Waals surface area contributed by atoms with Crippen LogP contribution in [0.25, 0.3) is 0 Å². The maximum absolute atomic E-state index is 11.8. The number of sulfonamides is 1. The molecule has 0 aliphatic carbocycles. The third kappa shape index (κ3) is 6.38. The van der Waals surface area contributed by atoms with E-state index >= 15 is 0 Å². The average molecular weight is 256 g/mol. The molecule has 0 aliphatic heterocycles. The van der Waals surface area contributed by atoms with E-state index in [0.717, 1.165) is 0 Å². The Hall–Kier alpha value is 0.200. The Labute approximate surface area is 98.6 Å². The molecule has 0 aromatic heterocycles. The second-order valence-corrected chi connectivity index (χ2v) is 8.14. The molecule has 92 valence electrons. The lowest BCUT2D eigenvalue weighted by Gasteiger charge is -2.30. The highest BCUT2D eigenvalue weighted by Gasteiger charge is 2.31. The molecule has 0 heterocycles. The summed E-state index contributed by atoms with van der Waals surface area (Å²) in [6.45, 7) is 11.0. The SMILES string of the molecule is CC(Cl)C(C)(C)NS(=O)(=O)CC(C)(C)C. The molecule has 0 aliphatic rings. The monoisotopic (exact) mass is 255 g/mol. The molecule has 0 rings (SSSR count). The van der Waals surface area contributed by atoms with Crippen LogP contribution in [0.15, 0.2) is 0 Å². The van der Waals surface area contributed by atoms with Gasteiger partial charge in [-0.2, -0.15) is 0 Å². The van der Waals surface area contributed by atoms with E-state index in [4.69, 9.17) is 11.6 Å². The molecule has 0 aromatic carbocycles. The van der Waals surface area contributed by atoms with Crippen LogP contribution in [0.4, 0.5) is 0 Å². The average Bonchev–Trinajstić information content (AvgIpc) is 1.75. The van der Waals surface area contributed by atoms with Gasteiger partial charge in [-0.15, -0.1) is 11.6 Å². The highest BCUT2D eigenvalue weighted by Crippen LogP contribution is 2.20. The van der Waals surface area contributed by atoms with Crippen LogP contribution >= 0.6 is 11.6 Å². The zero-order valence-corrected chi connectivity index (χ0v) is 12.0. The van der Waals surface area contributed by atoms with Gasteiger partial charge in [0.15, 0.2) is 0 Å². The molecule has 0 radical (unpaired) electrons. The first-order chi connectivity index (χ1) is 6.36. The first kappa shape index (κ1) is 15.2. The maximum atomic E-state index is 11.8. The summed E-state index contributed by atoms with van der Waals surface area (Å²) < 4.78 is 26.2. The van der Waals surface area contributed by atoms with Gasteiger partial charge < -0.3 is 0 Å². The summed E-state index contributed by atoms with van der Waals surface area (Å²) in [5.74, 6) is 0.104. The van der Waals surface area contributed by atoms with E-state index in [1.54, 1.807) is 20.8 Å². The first-order valence-electron chi connectivity index (χ1n) is 5.01. The van der Waals surface area contributed by atoms with Crippen LogP contribution < -0.4 is 4.72 Å². The summed E-state index contributed by atoms with van der Waals surface area (Å²) in [5.41, 5.74) is -0.872. The zero-order chi connectivity index (χ0) is 12.5. The van der Waals surface area contributed by atoms with Gasteiger partial charge >= 0.3 is 0 Å². The van der Waals surface area contributed by atoms with Gasteiger partial charge in [-0.1, -0.05) is 20.8 Å². The standard InChI is InChI=1S/C10H22ClNO2S/c1-8(11)10(5,6)12-15(13,14)7-9(2,3)4/h8,12H,7H2,1-6H3. The van der Waals surface area contributed by atoms with Gasteiger partial charge in [0.1, 0.15) is 0 Å². The van der Waals surface area contributed by atoms with Gasteiger partial charge in [0.05, 0.1) is 5.75 Å². The minimum atomic E-state index is -3.28. The van der Waals surface area contributed by atoms with Crippen LogP contribution in [0, 0.1) is 5.41 Å². The lowest BCUT2D eigenvalue weighted by molar-refractivity contribution is 0.422. The minimum Gasteiger partial charge on any atom is -0.212 e. The second kappa shape index (κ2) is 4.60. The molecule has 5 heteroatoms. The third-order valence-electron chi connectivity index (χ3n) is 2.04. The molecule has 1 unspecified atom stereocenters. The molecule has 0 amide bonds. The minimum absolute atomic E-state index is 0.104. The predicted octanol–water partition coefficient (Wildman–Crippen LogP) is 2.36. The van der Waals surface area contributed by atoms with E-state index in [1.807, 2.05) is 20.8 Å². The molecular weight excluding hydrogens is 234 g/mol. The lowest BCUT2D eigenvalue weighted by Crippen LogP contribution is -2.50. The fraction of sp³-hybridized carbons (Fsp3) is 1.00. The largest absolute Gasteiger partial charge is 0.212 e. The lowest BCUT2D eigenvalue weighted by atomic mass is 10.0. The normalized spacial score (nSPS) is 16.5. The number of hydrogen-bond donors (Lipinski definition) is 1. The highest BCUT2D eigenvalue weighted by atomic mass is 35.5. The van der Waals surface area contributed by atoms with Crippen molar-refractivity contribution >= 4 is 21.6 Å². The number of rotatable bonds is 4. The smallest absolute Gasteiger partial charge is 0.212 e. The van der Waals surface area contributed by atoms with E-state index < -0.39 is 15.6 Å². The molecule has 1 atom stereocenters. The van der Waals surface area contributed by atoms with Crippen molar-refractivity contribution in [2.75, 3.05) is 5.75 Å². The van der Waals surface area contributed by atoms with Crippen LogP contribution in [0.3, 0.4) is 0 Å².